The lowest BCUT2D eigenvalue weighted by molar-refractivity contribution is -0.128. The van der Waals surface area contributed by atoms with Crippen LogP contribution in [0.15, 0.2) is 36.8 Å². The van der Waals surface area contributed by atoms with Crippen molar-refractivity contribution < 1.29 is 9.59 Å². The van der Waals surface area contributed by atoms with Crippen molar-refractivity contribution in [3.63, 3.8) is 0 Å². The first-order valence-electron chi connectivity index (χ1n) is 8.31. The minimum atomic E-state index is -0.107. The average molecular weight is 339 g/mol. The lowest BCUT2D eigenvalue weighted by Crippen LogP contribution is -2.32. The number of carbonyl (C=O) groups excluding carboxylic acids is 2. The number of rotatable bonds is 4. The summed E-state index contributed by atoms with van der Waals surface area (Å²) in [5.41, 5.74) is 1.92. The van der Waals surface area contributed by atoms with Crippen molar-refractivity contribution >= 4 is 11.8 Å². The fourth-order valence-corrected chi connectivity index (χ4v) is 2.97. The van der Waals surface area contributed by atoms with E-state index in [0.717, 1.165) is 18.5 Å². The van der Waals surface area contributed by atoms with Crippen LogP contribution in [-0.4, -0.2) is 50.2 Å². The van der Waals surface area contributed by atoms with E-state index in [1.54, 1.807) is 42.7 Å². The van der Waals surface area contributed by atoms with Gasteiger partial charge in [0.05, 0.1) is 36.4 Å². The first-order valence-corrected chi connectivity index (χ1v) is 8.31. The highest BCUT2D eigenvalue weighted by Gasteiger charge is 2.32. The Morgan fingerprint density at radius 3 is 2.88 bits per heavy atom. The highest BCUT2D eigenvalue weighted by Crippen LogP contribution is 2.31. The van der Waals surface area contributed by atoms with E-state index in [1.165, 1.54) is 6.92 Å². The van der Waals surface area contributed by atoms with E-state index in [1.807, 2.05) is 11.0 Å². The molecule has 1 aliphatic rings. The fraction of sp³-hybridized carbons (Fsp3) is 0.389. The molecule has 0 radical (unpaired) electrons. The van der Waals surface area contributed by atoms with E-state index >= 15 is 0 Å². The van der Waals surface area contributed by atoms with Crippen LogP contribution in [0.25, 0.3) is 0 Å². The highest BCUT2D eigenvalue weighted by atomic mass is 16.2. The predicted molar refractivity (Wildman–Crippen MR) is 91.4 cm³/mol. The Labute approximate surface area is 146 Å². The van der Waals surface area contributed by atoms with Gasteiger partial charge in [-0.2, -0.15) is 0 Å². The number of carbonyl (C=O) groups is 2. The minimum Gasteiger partial charge on any atom is -0.340 e. The summed E-state index contributed by atoms with van der Waals surface area (Å²) in [5, 5.41) is 0. The molecule has 0 unspecified atom stereocenters. The number of hydrogen-bond donors (Lipinski definition) is 0. The zero-order chi connectivity index (χ0) is 17.8. The molecule has 0 aliphatic carbocycles. The van der Waals surface area contributed by atoms with Crippen molar-refractivity contribution in [2.24, 2.45) is 0 Å². The monoisotopic (exact) mass is 339 g/mol. The number of pyridine rings is 1. The summed E-state index contributed by atoms with van der Waals surface area (Å²) >= 11 is 0. The Balaban J connectivity index is 1.80. The predicted octanol–water partition coefficient (Wildman–Crippen LogP) is 1.83. The summed E-state index contributed by atoms with van der Waals surface area (Å²) in [6.45, 7) is 2.60. The Morgan fingerprint density at radius 2 is 2.16 bits per heavy atom. The van der Waals surface area contributed by atoms with Gasteiger partial charge in [0.1, 0.15) is 5.69 Å². The lowest BCUT2D eigenvalue weighted by atomic mass is 10.1. The second-order valence-corrected chi connectivity index (χ2v) is 6.18. The van der Waals surface area contributed by atoms with E-state index in [-0.39, 0.29) is 17.9 Å². The van der Waals surface area contributed by atoms with E-state index < -0.39 is 0 Å². The molecular formula is C18H21N5O2. The van der Waals surface area contributed by atoms with Crippen molar-refractivity contribution in [2.75, 3.05) is 13.6 Å². The van der Waals surface area contributed by atoms with Gasteiger partial charge in [0.2, 0.25) is 5.91 Å². The molecule has 7 heteroatoms. The topological polar surface area (TPSA) is 79.3 Å². The first-order chi connectivity index (χ1) is 12.1. The summed E-state index contributed by atoms with van der Waals surface area (Å²) < 4.78 is 0. The smallest absolute Gasteiger partial charge is 0.273 e. The third-order valence-corrected chi connectivity index (χ3v) is 4.38. The second kappa shape index (κ2) is 7.38. The molecule has 25 heavy (non-hydrogen) atoms. The zero-order valence-corrected chi connectivity index (χ0v) is 14.4. The normalized spacial score (nSPS) is 16.7. The van der Waals surface area contributed by atoms with Crippen molar-refractivity contribution in [3.05, 3.63) is 53.9 Å². The second-order valence-electron chi connectivity index (χ2n) is 6.18. The molecule has 0 spiro atoms. The summed E-state index contributed by atoms with van der Waals surface area (Å²) in [5.74, 6) is -0.115. The Kier molecular flexibility index (Phi) is 5.02. The van der Waals surface area contributed by atoms with Crippen LogP contribution in [0.3, 0.4) is 0 Å². The molecule has 0 aromatic carbocycles. The molecule has 1 atom stereocenters. The van der Waals surface area contributed by atoms with Crippen LogP contribution in [0.2, 0.25) is 0 Å². The summed E-state index contributed by atoms with van der Waals surface area (Å²) in [4.78, 5) is 40.6. The maximum Gasteiger partial charge on any atom is 0.273 e. The quantitative estimate of drug-likeness (QED) is 0.849. The van der Waals surface area contributed by atoms with Crippen molar-refractivity contribution in [1.29, 1.82) is 0 Å². The maximum atomic E-state index is 12.7. The van der Waals surface area contributed by atoms with Crippen LogP contribution in [0.4, 0.5) is 0 Å². The number of nitrogens with zero attached hydrogens (tertiary/aromatic N) is 5. The van der Waals surface area contributed by atoms with Crippen LogP contribution in [-0.2, 0) is 11.3 Å². The summed E-state index contributed by atoms with van der Waals surface area (Å²) in [6.07, 6.45) is 6.74. The molecular weight excluding hydrogens is 318 g/mol. The highest BCUT2D eigenvalue weighted by molar-refractivity contribution is 5.92. The number of likely N-dealkylation sites (tertiary alicyclic amines) is 1. The van der Waals surface area contributed by atoms with Gasteiger partial charge in [-0.1, -0.05) is 6.07 Å². The summed E-state index contributed by atoms with van der Waals surface area (Å²) in [7, 11) is 1.73. The minimum absolute atomic E-state index is 0.0278. The molecule has 2 amide bonds. The van der Waals surface area contributed by atoms with E-state index in [9.17, 15) is 9.59 Å². The van der Waals surface area contributed by atoms with Crippen LogP contribution in [0, 0.1) is 0 Å². The third-order valence-electron chi connectivity index (χ3n) is 4.38. The van der Waals surface area contributed by atoms with Crippen LogP contribution < -0.4 is 0 Å². The largest absolute Gasteiger partial charge is 0.340 e. The number of hydrogen-bond acceptors (Lipinski definition) is 5. The molecule has 0 N–H and O–H groups in total. The summed E-state index contributed by atoms with van der Waals surface area (Å²) in [6, 6.07) is 5.22. The van der Waals surface area contributed by atoms with Crippen LogP contribution in [0.1, 0.15) is 47.7 Å². The van der Waals surface area contributed by atoms with Gasteiger partial charge in [-0.05, 0) is 25.0 Å². The zero-order valence-electron chi connectivity index (χ0n) is 14.4. The maximum absolute atomic E-state index is 12.7. The molecule has 0 saturated carbocycles. The molecule has 130 valence electrons. The van der Waals surface area contributed by atoms with Gasteiger partial charge in [-0.3, -0.25) is 24.5 Å². The third kappa shape index (κ3) is 3.81. The Hall–Kier alpha value is -2.83. The van der Waals surface area contributed by atoms with E-state index in [4.69, 9.17) is 0 Å². The van der Waals surface area contributed by atoms with Gasteiger partial charge in [-0.15, -0.1) is 0 Å². The molecule has 7 nitrogen and oxygen atoms in total. The van der Waals surface area contributed by atoms with Crippen molar-refractivity contribution in [3.8, 4) is 0 Å². The molecule has 2 aromatic rings. The van der Waals surface area contributed by atoms with E-state index in [0.29, 0.717) is 24.5 Å². The van der Waals surface area contributed by atoms with Crippen LogP contribution in [0.5, 0.6) is 0 Å². The molecule has 1 aliphatic heterocycles. The van der Waals surface area contributed by atoms with Gasteiger partial charge in [0.25, 0.3) is 5.91 Å². The fourth-order valence-electron chi connectivity index (χ4n) is 2.97. The number of aromatic nitrogens is 3. The van der Waals surface area contributed by atoms with Gasteiger partial charge < -0.3 is 9.80 Å². The Bertz CT molecular complexity index is 765. The average Bonchev–Trinajstić information content (AvgIpc) is 3.11. The Morgan fingerprint density at radius 1 is 1.32 bits per heavy atom. The first kappa shape index (κ1) is 17.0. The SMILES string of the molecule is CC(=O)N(C)Cc1cncc([C@@H]2CCCN2C(=O)c2ccccn2)n1. The van der Waals surface area contributed by atoms with Crippen molar-refractivity contribution in [1.82, 2.24) is 24.8 Å². The number of amides is 2. The van der Waals surface area contributed by atoms with Gasteiger partial charge in [-0.25, -0.2) is 0 Å². The molecule has 1 saturated heterocycles. The van der Waals surface area contributed by atoms with Gasteiger partial charge >= 0.3 is 0 Å². The molecule has 3 rings (SSSR count). The van der Waals surface area contributed by atoms with Crippen molar-refractivity contribution in [2.45, 2.75) is 32.4 Å². The van der Waals surface area contributed by atoms with Gasteiger partial charge in [0, 0.05) is 26.7 Å². The standard InChI is InChI=1S/C18H21N5O2/c1-13(24)22(2)12-14-10-19-11-16(21-14)17-7-5-9-23(17)18(25)15-6-3-4-8-20-15/h3-4,6,8,10-11,17H,5,7,9,12H2,1-2H3/t17-/m0/s1. The van der Waals surface area contributed by atoms with Crippen LogP contribution >= 0.6 is 0 Å². The lowest BCUT2D eigenvalue weighted by Gasteiger charge is -2.24. The van der Waals surface area contributed by atoms with Gasteiger partial charge in [0.15, 0.2) is 0 Å². The molecule has 1 fully saturated rings. The molecule has 0 bridgehead atoms. The molecule has 2 aromatic heterocycles. The van der Waals surface area contributed by atoms with E-state index in [2.05, 4.69) is 15.0 Å². The molecule has 3 heterocycles.